The second-order valence-corrected chi connectivity index (χ2v) is 9.58. The van der Waals surface area contributed by atoms with Gasteiger partial charge in [0.05, 0.1) is 34.5 Å². The number of carbonyl (C=O) groups excluding carboxylic acids is 2. The summed E-state index contributed by atoms with van der Waals surface area (Å²) < 4.78 is 20.4. The summed E-state index contributed by atoms with van der Waals surface area (Å²) in [5.41, 5.74) is 2.70. The highest BCUT2D eigenvalue weighted by Crippen LogP contribution is 2.31. The fraction of sp³-hybridized carbons (Fsp3) is 0.103. The first kappa shape index (κ1) is 25.0. The van der Waals surface area contributed by atoms with Gasteiger partial charge >= 0.3 is 5.97 Å². The number of rotatable bonds is 5. The van der Waals surface area contributed by atoms with Crippen molar-refractivity contribution in [3.05, 3.63) is 132 Å². The van der Waals surface area contributed by atoms with Gasteiger partial charge in [0.25, 0.3) is 11.5 Å². The molecule has 190 valence electrons. The minimum absolute atomic E-state index is 0.293. The highest BCUT2D eigenvalue weighted by atomic mass is 32.1. The highest BCUT2D eigenvalue weighted by molar-refractivity contribution is 7.07. The molecule has 0 unspecified atom stereocenters. The fourth-order valence-corrected chi connectivity index (χ4v) is 5.32. The first-order valence-corrected chi connectivity index (χ1v) is 12.5. The molecule has 9 heteroatoms. The summed E-state index contributed by atoms with van der Waals surface area (Å²) in [5, 5.41) is 2.88. The van der Waals surface area contributed by atoms with Crippen molar-refractivity contribution in [1.82, 2.24) is 4.57 Å². The monoisotopic (exact) mass is 527 g/mol. The average molecular weight is 528 g/mol. The topological polar surface area (TPSA) is 89.8 Å². The molecule has 0 bridgehead atoms. The number of nitrogens with one attached hydrogen (secondary N) is 1. The van der Waals surface area contributed by atoms with Crippen LogP contribution in [0, 0.1) is 5.82 Å². The molecule has 0 saturated heterocycles. The molecular weight excluding hydrogens is 505 g/mol. The van der Waals surface area contributed by atoms with Crippen molar-refractivity contribution in [3.8, 4) is 0 Å². The Morgan fingerprint density at radius 3 is 2.37 bits per heavy atom. The number of allylic oxidation sites excluding steroid dienone is 1. The van der Waals surface area contributed by atoms with E-state index in [1.807, 2.05) is 6.07 Å². The Morgan fingerprint density at radius 2 is 1.71 bits per heavy atom. The van der Waals surface area contributed by atoms with Gasteiger partial charge in [-0.05, 0) is 60.5 Å². The van der Waals surface area contributed by atoms with E-state index in [0.717, 1.165) is 0 Å². The quantitative estimate of drug-likeness (QED) is 0.400. The number of para-hydroxylation sites is 1. The Morgan fingerprint density at radius 1 is 1.03 bits per heavy atom. The number of anilines is 1. The predicted octanol–water partition coefficient (Wildman–Crippen LogP) is 3.80. The average Bonchev–Trinajstić information content (AvgIpc) is 3.23. The van der Waals surface area contributed by atoms with E-state index in [1.165, 1.54) is 35.1 Å². The van der Waals surface area contributed by atoms with Gasteiger partial charge in [0, 0.05) is 5.69 Å². The van der Waals surface area contributed by atoms with Crippen molar-refractivity contribution in [2.45, 2.75) is 13.0 Å². The van der Waals surface area contributed by atoms with Gasteiger partial charge in [0.2, 0.25) is 0 Å². The van der Waals surface area contributed by atoms with E-state index in [-0.39, 0.29) is 5.56 Å². The van der Waals surface area contributed by atoms with Crippen molar-refractivity contribution < 1.29 is 18.7 Å². The van der Waals surface area contributed by atoms with E-state index >= 15 is 0 Å². The van der Waals surface area contributed by atoms with Gasteiger partial charge in [-0.15, -0.1) is 0 Å². The molecule has 1 amide bonds. The van der Waals surface area contributed by atoms with Gasteiger partial charge < -0.3 is 10.1 Å². The molecule has 0 fully saturated rings. The second kappa shape index (κ2) is 10.4. The van der Waals surface area contributed by atoms with Crippen LogP contribution in [0.3, 0.4) is 0 Å². The number of hydrogen-bond donors (Lipinski definition) is 1. The molecule has 1 aliphatic rings. The Balaban J connectivity index is 1.62. The summed E-state index contributed by atoms with van der Waals surface area (Å²) >= 11 is 1.19. The predicted molar refractivity (Wildman–Crippen MR) is 143 cm³/mol. The SMILES string of the molecule is COC(=O)c1ccc(/C=c2\sc3n(c2=O)[C@@H](c2ccc(F)cc2)C(C(=O)Nc2ccccc2)=C(C)N=3)cc1. The minimum atomic E-state index is -0.806. The minimum Gasteiger partial charge on any atom is -0.465 e. The van der Waals surface area contributed by atoms with Gasteiger partial charge in [0.1, 0.15) is 5.82 Å². The molecule has 5 rings (SSSR count). The third kappa shape index (κ3) is 4.83. The summed E-state index contributed by atoms with van der Waals surface area (Å²) in [6, 6.07) is 20.6. The van der Waals surface area contributed by atoms with E-state index in [1.54, 1.807) is 73.7 Å². The van der Waals surface area contributed by atoms with Gasteiger partial charge in [0.15, 0.2) is 4.80 Å². The molecule has 7 nitrogen and oxygen atoms in total. The number of nitrogens with zero attached hydrogens (tertiary/aromatic N) is 2. The molecule has 38 heavy (non-hydrogen) atoms. The lowest BCUT2D eigenvalue weighted by atomic mass is 9.95. The smallest absolute Gasteiger partial charge is 0.337 e. The summed E-state index contributed by atoms with van der Waals surface area (Å²) in [7, 11) is 1.31. The third-order valence-corrected chi connectivity index (χ3v) is 7.10. The molecule has 0 radical (unpaired) electrons. The van der Waals surface area contributed by atoms with Gasteiger partial charge in [-0.3, -0.25) is 14.2 Å². The molecule has 1 atom stereocenters. The summed E-state index contributed by atoms with van der Waals surface area (Å²) in [6.45, 7) is 1.72. The maximum atomic E-state index is 13.8. The van der Waals surface area contributed by atoms with Crippen LogP contribution in [0.2, 0.25) is 0 Å². The first-order chi connectivity index (χ1) is 18.4. The summed E-state index contributed by atoms with van der Waals surface area (Å²) in [5.74, 6) is -1.28. The lowest BCUT2D eigenvalue weighted by Crippen LogP contribution is -2.40. The van der Waals surface area contributed by atoms with Gasteiger partial charge in [-0.25, -0.2) is 14.2 Å². The van der Waals surface area contributed by atoms with E-state index < -0.39 is 23.7 Å². The van der Waals surface area contributed by atoms with Crippen LogP contribution in [0.4, 0.5) is 10.1 Å². The molecular formula is C29H22FN3O4S. The number of carbonyl (C=O) groups is 2. The zero-order chi connectivity index (χ0) is 26.8. The summed E-state index contributed by atoms with van der Waals surface area (Å²) in [6.07, 6.45) is 1.70. The van der Waals surface area contributed by atoms with Crippen LogP contribution in [-0.4, -0.2) is 23.6 Å². The molecule has 4 aromatic rings. The normalized spacial score (nSPS) is 15.0. The first-order valence-electron chi connectivity index (χ1n) is 11.7. The van der Waals surface area contributed by atoms with Crippen molar-refractivity contribution in [1.29, 1.82) is 0 Å². The molecule has 1 N–H and O–H groups in total. The van der Waals surface area contributed by atoms with Crippen LogP contribution in [0.25, 0.3) is 6.08 Å². The van der Waals surface area contributed by atoms with Crippen molar-refractivity contribution >= 4 is 35.0 Å². The zero-order valence-corrected chi connectivity index (χ0v) is 21.3. The van der Waals surface area contributed by atoms with E-state index in [9.17, 15) is 18.8 Å². The van der Waals surface area contributed by atoms with Gasteiger partial charge in [-0.2, -0.15) is 0 Å². The number of thiazole rings is 1. The molecule has 1 aliphatic heterocycles. The number of halogens is 1. The number of esters is 1. The Labute approximate surface area is 220 Å². The standard InChI is InChI=1S/C29H22FN3O4S/c1-17-24(26(34)32-22-6-4-3-5-7-22)25(19-12-14-21(30)15-13-19)33-27(35)23(38-29(33)31-17)16-18-8-10-20(11-9-18)28(36)37-2/h3-16,25H,1-2H3,(H,32,34)/b23-16-/t25-/m0/s1. The van der Waals surface area contributed by atoms with Crippen LogP contribution in [-0.2, 0) is 9.53 Å². The van der Waals surface area contributed by atoms with Crippen LogP contribution in [0.15, 0.2) is 99.9 Å². The van der Waals surface area contributed by atoms with E-state index in [0.29, 0.717) is 43.0 Å². The Bertz CT molecular complexity index is 1740. The number of fused-ring (bicyclic) bond motifs is 1. The molecule has 1 aromatic heterocycles. The molecule has 2 heterocycles. The van der Waals surface area contributed by atoms with Crippen LogP contribution in [0.1, 0.15) is 34.5 Å². The Kier molecular flexibility index (Phi) is 6.85. The number of methoxy groups -OCH3 is 1. The molecule has 0 aliphatic carbocycles. The number of ether oxygens (including phenoxy) is 1. The lowest BCUT2D eigenvalue weighted by molar-refractivity contribution is -0.113. The number of benzene rings is 3. The van der Waals surface area contributed by atoms with Crippen molar-refractivity contribution in [3.63, 3.8) is 0 Å². The number of aromatic nitrogens is 1. The fourth-order valence-electron chi connectivity index (χ4n) is 4.28. The molecule has 0 saturated carbocycles. The third-order valence-electron chi connectivity index (χ3n) is 6.11. The van der Waals surface area contributed by atoms with Crippen LogP contribution in [0.5, 0.6) is 0 Å². The summed E-state index contributed by atoms with van der Waals surface area (Å²) in [4.78, 5) is 44.0. The maximum Gasteiger partial charge on any atom is 0.337 e. The molecule has 3 aromatic carbocycles. The second-order valence-electron chi connectivity index (χ2n) is 8.57. The van der Waals surface area contributed by atoms with Crippen molar-refractivity contribution in [2.75, 3.05) is 12.4 Å². The highest BCUT2D eigenvalue weighted by Gasteiger charge is 2.32. The maximum absolute atomic E-state index is 13.8. The Hall–Kier alpha value is -4.63. The van der Waals surface area contributed by atoms with Gasteiger partial charge in [-0.1, -0.05) is 53.8 Å². The van der Waals surface area contributed by atoms with Crippen LogP contribution >= 0.6 is 11.3 Å². The zero-order valence-electron chi connectivity index (χ0n) is 20.5. The number of amides is 1. The van der Waals surface area contributed by atoms with Crippen molar-refractivity contribution in [2.24, 2.45) is 4.99 Å². The van der Waals surface area contributed by atoms with E-state index in [2.05, 4.69) is 10.3 Å². The number of hydrogen-bond acceptors (Lipinski definition) is 6. The lowest BCUT2D eigenvalue weighted by Gasteiger charge is -2.25. The molecule has 0 spiro atoms. The van der Waals surface area contributed by atoms with Crippen LogP contribution < -0.4 is 20.2 Å². The van der Waals surface area contributed by atoms with E-state index in [4.69, 9.17) is 4.74 Å². The largest absolute Gasteiger partial charge is 0.465 e.